The number of carbonyl (C=O) groups is 1. The van der Waals surface area contributed by atoms with E-state index in [-0.39, 0.29) is 22.9 Å². The van der Waals surface area contributed by atoms with Crippen LogP contribution in [0.25, 0.3) is 0 Å². The summed E-state index contributed by atoms with van der Waals surface area (Å²) in [5.41, 5.74) is 1.89. The molecule has 0 aromatic heterocycles. The molecule has 144 valence electrons. The molecule has 0 saturated carbocycles. The Morgan fingerprint density at radius 3 is 2.56 bits per heavy atom. The van der Waals surface area contributed by atoms with Crippen LogP contribution in [0, 0.1) is 5.82 Å². The smallest absolute Gasteiger partial charge is 0.264 e. The second kappa shape index (κ2) is 7.31. The Morgan fingerprint density at radius 1 is 1.26 bits per heavy atom. The van der Waals surface area contributed by atoms with Gasteiger partial charge < -0.3 is 5.32 Å². The Bertz CT molecular complexity index is 958. The van der Waals surface area contributed by atoms with Gasteiger partial charge >= 0.3 is 0 Å². The number of anilines is 1. The molecule has 7 heteroatoms. The van der Waals surface area contributed by atoms with Gasteiger partial charge in [-0.05, 0) is 74.7 Å². The maximum absolute atomic E-state index is 13.2. The minimum Gasteiger partial charge on any atom is -0.350 e. The quantitative estimate of drug-likeness (QED) is 0.850. The van der Waals surface area contributed by atoms with Crippen molar-refractivity contribution in [3.05, 3.63) is 59.4 Å². The standard InChI is InChI=1S/C20H23FN2O3S/c1-4-13(2)22-20(24)15-5-10-19-16(12-15)11-14(3)23(19)27(25,26)18-8-6-17(21)7-9-18/h5-10,12-14H,4,11H2,1-3H3,(H,22,24)/t13-,14+/m1/s1. The van der Waals surface area contributed by atoms with Gasteiger partial charge in [-0.2, -0.15) is 0 Å². The van der Waals surface area contributed by atoms with Crippen molar-refractivity contribution in [3.8, 4) is 0 Å². The van der Waals surface area contributed by atoms with E-state index in [0.717, 1.165) is 24.1 Å². The highest BCUT2D eigenvalue weighted by molar-refractivity contribution is 7.92. The first-order chi connectivity index (χ1) is 12.7. The number of rotatable bonds is 5. The van der Waals surface area contributed by atoms with E-state index in [1.165, 1.54) is 16.4 Å². The van der Waals surface area contributed by atoms with Crippen LogP contribution >= 0.6 is 0 Å². The number of hydrogen-bond acceptors (Lipinski definition) is 3. The van der Waals surface area contributed by atoms with Crippen LogP contribution in [-0.2, 0) is 16.4 Å². The Morgan fingerprint density at radius 2 is 1.93 bits per heavy atom. The predicted octanol–water partition coefficient (Wildman–Crippen LogP) is 3.49. The largest absolute Gasteiger partial charge is 0.350 e. The number of hydrogen-bond donors (Lipinski definition) is 1. The van der Waals surface area contributed by atoms with Crippen LogP contribution in [0.3, 0.4) is 0 Å². The third kappa shape index (κ3) is 3.69. The van der Waals surface area contributed by atoms with Crippen molar-refractivity contribution in [2.24, 2.45) is 0 Å². The first kappa shape index (κ1) is 19.4. The zero-order valence-electron chi connectivity index (χ0n) is 15.6. The minimum absolute atomic E-state index is 0.0437. The highest BCUT2D eigenvalue weighted by Gasteiger charge is 2.36. The lowest BCUT2D eigenvalue weighted by Crippen LogP contribution is -2.35. The molecular formula is C20H23FN2O3S. The van der Waals surface area contributed by atoms with Gasteiger partial charge in [0.05, 0.1) is 10.6 Å². The van der Waals surface area contributed by atoms with Crippen molar-refractivity contribution in [3.63, 3.8) is 0 Å². The first-order valence-corrected chi connectivity index (χ1v) is 10.4. The maximum atomic E-state index is 13.2. The molecule has 2 atom stereocenters. The van der Waals surface area contributed by atoms with Gasteiger partial charge in [-0.3, -0.25) is 9.10 Å². The lowest BCUT2D eigenvalue weighted by molar-refractivity contribution is 0.0939. The van der Waals surface area contributed by atoms with Gasteiger partial charge in [0.15, 0.2) is 0 Å². The molecule has 0 bridgehead atoms. The maximum Gasteiger partial charge on any atom is 0.264 e. The molecular weight excluding hydrogens is 367 g/mol. The summed E-state index contributed by atoms with van der Waals surface area (Å²) in [7, 11) is -3.81. The average Bonchev–Trinajstić information content (AvgIpc) is 2.97. The highest BCUT2D eigenvalue weighted by Crippen LogP contribution is 2.37. The van der Waals surface area contributed by atoms with E-state index in [4.69, 9.17) is 0 Å². The highest BCUT2D eigenvalue weighted by atomic mass is 32.2. The van der Waals surface area contributed by atoms with Crippen LogP contribution in [-0.4, -0.2) is 26.4 Å². The molecule has 1 heterocycles. The van der Waals surface area contributed by atoms with Crippen LogP contribution in [0.2, 0.25) is 0 Å². The van der Waals surface area contributed by atoms with E-state index in [2.05, 4.69) is 5.32 Å². The van der Waals surface area contributed by atoms with E-state index in [9.17, 15) is 17.6 Å². The molecule has 0 unspecified atom stereocenters. The zero-order valence-corrected chi connectivity index (χ0v) is 16.4. The summed E-state index contributed by atoms with van der Waals surface area (Å²) in [6.07, 6.45) is 1.34. The Hall–Kier alpha value is -2.41. The molecule has 3 rings (SSSR count). The van der Waals surface area contributed by atoms with Gasteiger partial charge in [0.1, 0.15) is 5.82 Å². The second-order valence-corrected chi connectivity index (χ2v) is 8.75. The van der Waals surface area contributed by atoms with Crippen LogP contribution < -0.4 is 9.62 Å². The Kier molecular flexibility index (Phi) is 5.24. The fraction of sp³-hybridized carbons (Fsp3) is 0.350. The van der Waals surface area contributed by atoms with Crippen molar-refractivity contribution >= 4 is 21.6 Å². The van der Waals surface area contributed by atoms with E-state index in [1.54, 1.807) is 18.2 Å². The SMILES string of the molecule is CC[C@@H](C)NC(=O)c1ccc2c(c1)C[C@H](C)N2S(=O)(=O)c1ccc(F)cc1. The van der Waals surface area contributed by atoms with Crippen LogP contribution in [0.1, 0.15) is 43.1 Å². The van der Waals surface area contributed by atoms with Crippen LogP contribution in [0.5, 0.6) is 0 Å². The predicted molar refractivity (Wildman–Crippen MR) is 103 cm³/mol. The normalized spacial score (nSPS) is 17.5. The van der Waals surface area contributed by atoms with Crippen molar-refractivity contribution < 1.29 is 17.6 Å². The van der Waals surface area contributed by atoms with E-state index < -0.39 is 15.8 Å². The zero-order chi connectivity index (χ0) is 19.8. The molecule has 5 nitrogen and oxygen atoms in total. The molecule has 1 amide bonds. The summed E-state index contributed by atoms with van der Waals surface area (Å²) in [5.74, 6) is -0.652. The topological polar surface area (TPSA) is 66.5 Å². The second-order valence-electron chi connectivity index (χ2n) is 6.93. The lowest BCUT2D eigenvalue weighted by atomic mass is 10.1. The summed E-state index contributed by atoms with van der Waals surface area (Å²) < 4.78 is 40.6. The van der Waals surface area contributed by atoms with Crippen LogP contribution in [0.4, 0.5) is 10.1 Å². The number of halogens is 1. The third-order valence-corrected chi connectivity index (χ3v) is 6.80. The molecule has 1 N–H and O–H groups in total. The molecule has 1 aliphatic heterocycles. The molecule has 0 saturated heterocycles. The molecule has 1 aliphatic rings. The fourth-order valence-electron chi connectivity index (χ4n) is 3.24. The minimum atomic E-state index is -3.81. The van der Waals surface area contributed by atoms with Crippen molar-refractivity contribution in [1.29, 1.82) is 0 Å². The van der Waals surface area contributed by atoms with Gasteiger partial charge in [-0.25, -0.2) is 12.8 Å². The van der Waals surface area contributed by atoms with E-state index in [1.807, 2.05) is 20.8 Å². The van der Waals surface area contributed by atoms with Gasteiger partial charge in [-0.1, -0.05) is 6.92 Å². The number of benzene rings is 2. The number of fused-ring (bicyclic) bond motifs is 1. The van der Waals surface area contributed by atoms with Gasteiger partial charge in [0.2, 0.25) is 0 Å². The van der Waals surface area contributed by atoms with Gasteiger partial charge in [-0.15, -0.1) is 0 Å². The average molecular weight is 390 g/mol. The van der Waals surface area contributed by atoms with E-state index >= 15 is 0 Å². The Labute approximate surface area is 159 Å². The molecule has 0 radical (unpaired) electrons. The summed E-state index contributed by atoms with van der Waals surface area (Å²) in [6, 6.07) is 9.65. The van der Waals surface area contributed by atoms with Gasteiger partial charge in [0.25, 0.3) is 15.9 Å². The van der Waals surface area contributed by atoms with E-state index in [0.29, 0.717) is 17.7 Å². The summed E-state index contributed by atoms with van der Waals surface area (Å²) in [5, 5.41) is 2.91. The number of nitrogens with one attached hydrogen (secondary N) is 1. The molecule has 2 aromatic carbocycles. The first-order valence-electron chi connectivity index (χ1n) is 8.97. The summed E-state index contributed by atoms with van der Waals surface area (Å²) in [4.78, 5) is 12.4. The number of carbonyl (C=O) groups excluding carboxylic acids is 1. The molecule has 0 fully saturated rings. The molecule has 0 spiro atoms. The third-order valence-electron chi connectivity index (χ3n) is 4.86. The molecule has 0 aliphatic carbocycles. The number of sulfonamides is 1. The number of amides is 1. The molecule has 2 aromatic rings. The summed E-state index contributed by atoms with van der Waals surface area (Å²) >= 11 is 0. The number of nitrogens with zero attached hydrogens (tertiary/aromatic N) is 1. The monoisotopic (exact) mass is 390 g/mol. The van der Waals surface area contributed by atoms with Crippen molar-refractivity contribution in [1.82, 2.24) is 5.32 Å². The van der Waals surface area contributed by atoms with Crippen molar-refractivity contribution in [2.45, 2.75) is 50.6 Å². The van der Waals surface area contributed by atoms with Gasteiger partial charge in [0, 0.05) is 17.6 Å². The molecule has 27 heavy (non-hydrogen) atoms. The Balaban J connectivity index is 1.94. The summed E-state index contributed by atoms with van der Waals surface area (Å²) in [6.45, 7) is 5.75. The van der Waals surface area contributed by atoms with Crippen molar-refractivity contribution in [2.75, 3.05) is 4.31 Å². The lowest BCUT2D eigenvalue weighted by Gasteiger charge is -2.24. The fourth-order valence-corrected chi connectivity index (χ4v) is 4.93. The van der Waals surface area contributed by atoms with Crippen LogP contribution in [0.15, 0.2) is 47.4 Å².